The van der Waals surface area contributed by atoms with Gasteiger partial charge in [-0.3, -0.25) is 0 Å². The minimum atomic E-state index is -0.248. The summed E-state index contributed by atoms with van der Waals surface area (Å²) < 4.78 is 19.6. The summed E-state index contributed by atoms with van der Waals surface area (Å²) in [6.07, 6.45) is 1.59. The fourth-order valence-electron chi connectivity index (χ4n) is 1.39. The predicted molar refractivity (Wildman–Crippen MR) is 64.9 cm³/mol. The van der Waals surface area contributed by atoms with Crippen molar-refractivity contribution in [2.75, 3.05) is 5.32 Å². The number of benzene rings is 1. The van der Waals surface area contributed by atoms with E-state index >= 15 is 0 Å². The molecule has 2 aromatic rings. The second-order valence-electron chi connectivity index (χ2n) is 3.53. The van der Waals surface area contributed by atoms with Gasteiger partial charge in [0.05, 0.1) is 23.0 Å². The molecule has 1 heterocycles. The summed E-state index contributed by atoms with van der Waals surface area (Å²) in [5, 5.41) is 2.98. The monoisotopic (exact) mass is 283 g/mol. The molecular weight excluding hydrogens is 273 g/mol. The van der Waals surface area contributed by atoms with Gasteiger partial charge in [-0.2, -0.15) is 0 Å². The van der Waals surface area contributed by atoms with Gasteiger partial charge in [0.1, 0.15) is 11.6 Å². The van der Waals surface area contributed by atoms with Crippen molar-refractivity contribution in [1.29, 1.82) is 0 Å². The van der Waals surface area contributed by atoms with Gasteiger partial charge in [-0.15, -0.1) is 0 Å². The van der Waals surface area contributed by atoms with Crippen LogP contribution in [0, 0.1) is 12.7 Å². The Hall–Kier alpha value is -1.29. The van der Waals surface area contributed by atoms with Crippen molar-refractivity contribution in [2.24, 2.45) is 0 Å². The van der Waals surface area contributed by atoms with Crippen LogP contribution in [0.2, 0.25) is 0 Å². The molecule has 0 aliphatic rings. The van der Waals surface area contributed by atoms with Gasteiger partial charge in [-0.25, -0.2) is 4.39 Å². The van der Waals surface area contributed by atoms with Gasteiger partial charge >= 0.3 is 0 Å². The third-order valence-corrected chi connectivity index (χ3v) is 2.96. The maximum absolute atomic E-state index is 13.5. The normalized spacial score (nSPS) is 10.4. The van der Waals surface area contributed by atoms with Gasteiger partial charge in [0, 0.05) is 0 Å². The summed E-state index contributed by atoms with van der Waals surface area (Å²) in [5.41, 5.74) is 1.39. The fraction of sp³-hybridized carbons (Fsp3) is 0.167. The first kappa shape index (κ1) is 11.2. The van der Waals surface area contributed by atoms with Crippen molar-refractivity contribution in [2.45, 2.75) is 13.5 Å². The maximum atomic E-state index is 13.5. The molecule has 0 unspecified atom stereocenters. The number of hydrogen-bond acceptors (Lipinski definition) is 2. The molecule has 1 N–H and O–H groups in total. The highest BCUT2D eigenvalue weighted by atomic mass is 79.9. The van der Waals surface area contributed by atoms with Gasteiger partial charge in [0.15, 0.2) is 0 Å². The quantitative estimate of drug-likeness (QED) is 0.917. The summed E-state index contributed by atoms with van der Waals surface area (Å²) in [5.74, 6) is 0.502. The van der Waals surface area contributed by atoms with Crippen molar-refractivity contribution < 1.29 is 8.81 Å². The molecular formula is C12H11BrFNO. The highest BCUT2D eigenvalue weighted by Crippen LogP contribution is 2.20. The van der Waals surface area contributed by atoms with E-state index in [4.69, 9.17) is 4.42 Å². The van der Waals surface area contributed by atoms with E-state index < -0.39 is 0 Å². The Balaban J connectivity index is 2.08. The Morgan fingerprint density at radius 2 is 2.19 bits per heavy atom. The number of anilines is 1. The van der Waals surface area contributed by atoms with Gasteiger partial charge in [-0.05, 0) is 46.6 Å². The van der Waals surface area contributed by atoms with Gasteiger partial charge < -0.3 is 9.73 Å². The Morgan fingerprint density at radius 1 is 1.38 bits per heavy atom. The molecule has 4 heteroatoms. The van der Waals surface area contributed by atoms with Crippen molar-refractivity contribution >= 4 is 21.6 Å². The third-order valence-electron chi connectivity index (χ3n) is 2.26. The van der Waals surface area contributed by atoms with Gasteiger partial charge in [0.2, 0.25) is 0 Å². The summed E-state index contributed by atoms with van der Waals surface area (Å²) in [7, 11) is 0. The minimum absolute atomic E-state index is 0.248. The zero-order chi connectivity index (χ0) is 11.5. The zero-order valence-electron chi connectivity index (χ0n) is 8.76. The second kappa shape index (κ2) is 4.70. The molecule has 84 valence electrons. The van der Waals surface area contributed by atoms with E-state index in [0.717, 1.165) is 15.8 Å². The average Bonchev–Trinajstić information content (AvgIpc) is 2.63. The summed E-state index contributed by atoms with van der Waals surface area (Å²) >= 11 is 3.34. The van der Waals surface area contributed by atoms with Crippen LogP contribution in [0.4, 0.5) is 10.1 Å². The highest BCUT2D eigenvalue weighted by molar-refractivity contribution is 9.10. The van der Waals surface area contributed by atoms with Crippen LogP contribution < -0.4 is 5.32 Å². The molecule has 0 aliphatic heterocycles. The lowest BCUT2D eigenvalue weighted by Gasteiger charge is -2.06. The molecule has 0 radical (unpaired) electrons. The number of rotatable bonds is 3. The zero-order valence-corrected chi connectivity index (χ0v) is 10.3. The molecule has 16 heavy (non-hydrogen) atoms. The molecule has 0 bridgehead atoms. The summed E-state index contributed by atoms with van der Waals surface area (Å²) in [4.78, 5) is 0. The Morgan fingerprint density at radius 3 is 2.81 bits per heavy atom. The molecule has 2 nitrogen and oxygen atoms in total. The van der Waals surface area contributed by atoms with Crippen LogP contribution in [0.5, 0.6) is 0 Å². The number of nitrogens with one attached hydrogen (secondary N) is 1. The van der Waals surface area contributed by atoms with E-state index in [-0.39, 0.29) is 5.82 Å². The molecule has 0 spiro atoms. The molecule has 2 rings (SSSR count). The fourth-order valence-corrected chi connectivity index (χ4v) is 1.73. The van der Waals surface area contributed by atoms with Crippen molar-refractivity contribution in [3.63, 3.8) is 0 Å². The lowest BCUT2D eigenvalue weighted by Crippen LogP contribution is -2.01. The van der Waals surface area contributed by atoms with Crippen LogP contribution in [-0.2, 0) is 6.54 Å². The van der Waals surface area contributed by atoms with Crippen molar-refractivity contribution in [1.82, 2.24) is 0 Å². The van der Waals surface area contributed by atoms with E-state index in [2.05, 4.69) is 21.2 Å². The molecule has 0 atom stereocenters. The largest absolute Gasteiger partial charge is 0.466 e. The lowest BCUT2D eigenvalue weighted by atomic mass is 10.2. The smallest absolute Gasteiger partial charge is 0.146 e. The van der Waals surface area contributed by atoms with E-state index in [1.165, 1.54) is 6.07 Å². The number of aryl methyl sites for hydroxylation is 1. The van der Waals surface area contributed by atoms with Gasteiger partial charge in [-0.1, -0.05) is 6.07 Å². The topological polar surface area (TPSA) is 25.2 Å². The predicted octanol–water partition coefficient (Wildman–Crippen LogP) is 4.10. The molecule has 1 aromatic heterocycles. The molecule has 0 aliphatic carbocycles. The van der Waals surface area contributed by atoms with Crippen LogP contribution in [0.15, 0.2) is 39.4 Å². The van der Waals surface area contributed by atoms with Crippen LogP contribution in [0.3, 0.4) is 0 Å². The van der Waals surface area contributed by atoms with Crippen LogP contribution in [-0.4, -0.2) is 0 Å². The number of furan rings is 1. The molecule has 0 fully saturated rings. The standard InChI is InChI=1S/C12H11BrFNO/c1-8-2-3-11(10(14)6-8)15-7-12-9(13)4-5-16-12/h2-6,15H,7H2,1H3. The Bertz CT molecular complexity index is 496. The van der Waals surface area contributed by atoms with Crippen LogP contribution >= 0.6 is 15.9 Å². The summed E-state index contributed by atoms with van der Waals surface area (Å²) in [6.45, 7) is 2.31. The molecule has 0 saturated heterocycles. The van der Waals surface area contributed by atoms with E-state index in [9.17, 15) is 4.39 Å². The first-order valence-corrected chi connectivity index (χ1v) is 5.68. The highest BCUT2D eigenvalue weighted by Gasteiger charge is 2.05. The van der Waals surface area contributed by atoms with E-state index in [0.29, 0.717) is 12.2 Å². The van der Waals surface area contributed by atoms with Crippen LogP contribution in [0.25, 0.3) is 0 Å². The first-order chi connectivity index (χ1) is 7.66. The molecule has 0 amide bonds. The van der Waals surface area contributed by atoms with Gasteiger partial charge in [0.25, 0.3) is 0 Å². The lowest BCUT2D eigenvalue weighted by molar-refractivity contribution is 0.515. The third kappa shape index (κ3) is 2.44. The van der Waals surface area contributed by atoms with Crippen molar-refractivity contribution in [3.05, 3.63) is 52.1 Å². The number of hydrogen-bond donors (Lipinski definition) is 1. The Labute approximate surface area is 102 Å². The molecule has 0 saturated carbocycles. The second-order valence-corrected chi connectivity index (χ2v) is 4.38. The molecule has 1 aromatic carbocycles. The van der Waals surface area contributed by atoms with Crippen molar-refractivity contribution in [3.8, 4) is 0 Å². The average molecular weight is 284 g/mol. The number of halogens is 2. The first-order valence-electron chi connectivity index (χ1n) is 4.88. The minimum Gasteiger partial charge on any atom is -0.466 e. The van der Waals surface area contributed by atoms with E-state index in [1.54, 1.807) is 12.3 Å². The summed E-state index contributed by atoms with van der Waals surface area (Å²) in [6, 6.07) is 6.89. The SMILES string of the molecule is Cc1ccc(NCc2occc2Br)c(F)c1. The van der Waals surface area contributed by atoms with E-state index in [1.807, 2.05) is 19.1 Å². The van der Waals surface area contributed by atoms with Crippen LogP contribution in [0.1, 0.15) is 11.3 Å². The maximum Gasteiger partial charge on any atom is 0.146 e. The Kier molecular flexibility index (Phi) is 3.29.